The number of rotatable bonds is 9. The normalized spacial score (nSPS) is 10.2. The largest absolute Gasteiger partial charge is 0.494 e. The molecule has 0 spiro atoms. The molecule has 0 radical (unpaired) electrons. The molecule has 0 fully saturated rings. The number of carbonyl (C=O) groups excluding carboxylic acids is 2. The number of nitrogens with one attached hydrogen (secondary N) is 2. The lowest BCUT2D eigenvalue weighted by atomic mass is 10.1. The standard InChI is InChI=1S/C22H28N2O4/c1-4-27-22(26)24-20-12-8-11-19(17(20)3)23-21(25)13-5-6-14-28-18-10-7-9-16(2)15-18/h7-12,15H,4-6,13-14H2,1-3H3,(H,23,25)(H,24,26). The Bertz CT molecular complexity index is 805. The topological polar surface area (TPSA) is 76.7 Å². The zero-order valence-corrected chi connectivity index (χ0v) is 16.7. The van der Waals surface area contributed by atoms with Gasteiger partial charge in [-0.1, -0.05) is 18.2 Å². The third kappa shape index (κ3) is 6.95. The van der Waals surface area contributed by atoms with Gasteiger partial charge in [0.25, 0.3) is 0 Å². The number of unbranched alkanes of at least 4 members (excludes halogenated alkanes) is 1. The van der Waals surface area contributed by atoms with Gasteiger partial charge in [0, 0.05) is 17.8 Å². The fourth-order valence-corrected chi connectivity index (χ4v) is 2.68. The van der Waals surface area contributed by atoms with E-state index in [-0.39, 0.29) is 5.91 Å². The van der Waals surface area contributed by atoms with Crippen molar-refractivity contribution < 1.29 is 19.1 Å². The lowest BCUT2D eigenvalue weighted by Gasteiger charge is -2.13. The van der Waals surface area contributed by atoms with Gasteiger partial charge in [-0.3, -0.25) is 10.1 Å². The molecule has 2 N–H and O–H groups in total. The predicted octanol–water partition coefficient (Wildman–Crippen LogP) is 5.06. The summed E-state index contributed by atoms with van der Waals surface area (Å²) in [6.45, 7) is 6.49. The number of benzene rings is 2. The van der Waals surface area contributed by atoms with Crippen molar-refractivity contribution >= 4 is 23.4 Å². The summed E-state index contributed by atoms with van der Waals surface area (Å²) in [7, 11) is 0. The highest BCUT2D eigenvalue weighted by Gasteiger charge is 2.10. The lowest BCUT2D eigenvalue weighted by Crippen LogP contribution is -2.16. The van der Waals surface area contributed by atoms with Crippen molar-refractivity contribution in [3.8, 4) is 5.75 Å². The van der Waals surface area contributed by atoms with Gasteiger partial charge in [0.2, 0.25) is 5.91 Å². The summed E-state index contributed by atoms with van der Waals surface area (Å²) in [5.41, 5.74) is 3.23. The molecule has 0 aliphatic rings. The van der Waals surface area contributed by atoms with Crippen molar-refractivity contribution in [3.63, 3.8) is 0 Å². The van der Waals surface area contributed by atoms with Crippen LogP contribution in [0.4, 0.5) is 16.2 Å². The highest BCUT2D eigenvalue weighted by molar-refractivity contribution is 5.94. The van der Waals surface area contributed by atoms with Crippen LogP contribution in [0, 0.1) is 13.8 Å². The zero-order valence-electron chi connectivity index (χ0n) is 16.7. The Morgan fingerprint density at radius 2 is 1.68 bits per heavy atom. The van der Waals surface area contributed by atoms with Crippen LogP contribution in [0.2, 0.25) is 0 Å². The van der Waals surface area contributed by atoms with Crippen LogP contribution in [-0.2, 0) is 9.53 Å². The van der Waals surface area contributed by atoms with Gasteiger partial charge in [0.1, 0.15) is 5.75 Å². The van der Waals surface area contributed by atoms with Crippen LogP contribution < -0.4 is 15.4 Å². The Morgan fingerprint density at radius 1 is 0.964 bits per heavy atom. The van der Waals surface area contributed by atoms with Crippen molar-refractivity contribution in [1.29, 1.82) is 0 Å². The molecule has 0 atom stereocenters. The van der Waals surface area contributed by atoms with Crippen LogP contribution in [-0.4, -0.2) is 25.2 Å². The van der Waals surface area contributed by atoms with E-state index in [0.29, 0.717) is 31.0 Å². The van der Waals surface area contributed by atoms with Gasteiger partial charge in [-0.05, 0) is 69.0 Å². The van der Waals surface area contributed by atoms with Crippen LogP contribution in [0.25, 0.3) is 0 Å². The second kappa shape index (κ2) is 11.0. The number of hydrogen-bond donors (Lipinski definition) is 2. The van der Waals surface area contributed by atoms with Gasteiger partial charge >= 0.3 is 6.09 Å². The highest BCUT2D eigenvalue weighted by Crippen LogP contribution is 2.24. The summed E-state index contributed by atoms with van der Waals surface area (Å²) in [5, 5.41) is 5.58. The molecule has 0 saturated heterocycles. The van der Waals surface area contributed by atoms with E-state index in [1.54, 1.807) is 19.1 Å². The van der Waals surface area contributed by atoms with E-state index in [0.717, 1.165) is 29.7 Å². The zero-order chi connectivity index (χ0) is 20.4. The molecular formula is C22H28N2O4. The fraction of sp³-hybridized carbons (Fsp3) is 0.364. The molecular weight excluding hydrogens is 356 g/mol. The Morgan fingerprint density at radius 3 is 2.39 bits per heavy atom. The molecule has 2 rings (SSSR count). The molecule has 28 heavy (non-hydrogen) atoms. The van der Waals surface area contributed by atoms with E-state index in [4.69, 9.17) is 9.47 Å². The maximum absolute atomic E-state index is 12.2. The fourth-order valence-electron chi connectivity index (χ4n) is 2.68. The molecule has 6 heteroatoms. The number of amides is 2. The summed E-state index contributed by atoms with van der Waals surface area (Å²) in [4.78, 5) is 23.8. The van der Waals surface area contributed by atoms with Crippen molar-refractivity contribution in [2.45, 2.75) is 40.0 Å². The van der Waals surface area contributed by atoms with Gasteiger partial charge in [0.15, 0.2) is 0 Å². The van der Waals surface area contributed by atoms with Gasteiger partial charge < -0.3 is 14.8 Å². The molecule has 0 unspecified atom stereocenters. The molecule has 2 amide bonds. The Kier molecular flexibility index (Phi) is 8.34. The van der Waals surface area contributed by atoms with E-state index in [1.807, 2.05) is 44.2 Å². The Balaban J connectivity index is 1.75. The molecule has 0 saturated carbocycles. The Hall–Kier alpha value is -3.02. The second-order valence-corrected chi connectivity index (χ2v) is 6.49. The molecule has 6 nitrogen and oxygen atoms in total. The third-order valence-electron chi connectivity index (χ3n) is 4.18. The van der Waals surface area contributed by atoms with Crippen LogP contribution in [0.15, 0.2) is 42.5 Å². The molecule has 0 aliphatic heterocycles. The predicted molar refractivity (Wildman–Crippen MR) is 111 cm³/mol. The number of carbonyl (C=O) groups is 2. The first-order chi connectivity index (χ1) is 13.5. The smallest absolute Gasteiger partial charge is 0.411 e. The molecule has 0 heterocycles. The Labute approximate surface area is 166 Å². The summed E-state index contributed by atoms with van der Waals surface area (Å²) >= 11 is 0. The molecule has 0 bridgehead atoms. The molecule has 150 valence electrons. The number of ether oxygens (including phenoxy) is 2. The van der Waals surface area contributed by atoms with E-state index >= 15 is 0 Å². The maximum Gasteiger partial charge on any atom is 0.411 e. The highest BCUT2D eigenvalue weighted by atomic mass is 16.5. The quantitative estimate of drug-likeness (QED) is 0.593. The minimum Gasteiger partial charge on any atom is -0.494 e. The SMILES string of the molecule is CCOC(=O)Nc1cccc(NC(=O)CCCCOc2cccc(C)c2)c1C. The average Bonchev–Trinajstić information content (AvgIpc) is 2.65. The van der Waals surface area contributed by atoms with Crippen molar-refractivity contribution in [3.05, 3.63) is 53.6 Å². The summed E-state index contributed by atoms with van der Waals surface area (Å²) in [5.74, 6) is 0.790. The van der Waals surface area contributed by atoms with Gasteiger partial charge in [0.05, 0.1) is 13.2 Å². The van der Waals surface area contributed by atoms with Crippen LogP contribution in [0.3, 0.4) is 0 Å². The van der Waals surface area contributed by atoms with Crippen molar-refractivity contribution in [1.82, 2.24) is 0 Å². The van der Waals surface area contributed by atoms with Gasteiger partial charge in [-0.25, -0.2) is 4.79 Å². The van der Waals surface area contributed by atoms with Crippen LogP contribution >= 0.6 is 0 Å². The minimum absolute atomic E-state index is 0.0630. The monoisotopic (exact) mass is 384 g/mol. The van der Waals surface area contributed by atoms with Crippen LogP contribution in [0.5, 0.6) is 5.75 Å². The van der Waals surface area contributed by atoms with E-state index < -0.39 is 6.09 Å². The molecule has 0 aliphatic carbocycles. The lowest BCUT2D eigenvalue weighted by molar-refractivity contribution is -0.116. The minimum atomic E-state index is -0.511. The summed E-state index contributed by atoms with van der Waals surface area (Å²) in [6.07, 6.45) is 1.43. The van der Waals surface area contributed by atoms with E-state index in [1.165, 1.54) is 0 Å². The van der Waals surface area contributed by atoms with Gasteiger partial charge in [-0.2, -0.15) is 0 Å². The average molecular weight is 384 g/mol. The maximum atomic E-state index is 12.2. The van der Waals surface area contributed by atoms with Crippen LogP contribution in [0.1, 0.15) is 37.3 Å². The molecule has 2 aromatic carbocycles. The number of aryl methyl sites for hydroxylation is 1. The number of hydrogen-bond acceptors (Lipinski definition) is 4. The van der Waals surface area contributed by atoms with Crippen molar-refractivity contribution in [2.24, 2.45) is 0 Å². The van der Waals surface area contributed by atoms with E-state index in [2.05, 4.69) is 10.6 Å². The summed E-state index contributed by atoms with van der Waals surface area (Å²) in [6, 6.07) is 13.3. The van der Waals surface area contributed by atoms with Crippen molar-refractivity contribution in [2.75, 3.05) is 23.8 Å². The second-order valence-electron chi connectivity index (χ2n) is 6.49. The molecule has 2 aromatic rings. The third-order valence-corrected chi connectivity index (χ3v) is 4.18. The van der Waals surface area contributed by atoms with Gasteiger partial charge in [-0.15, -0.1) is 0 Å². The molecule has 0 aromatic heterocycles. The first-order valence-electron chi connectivity index (χ1n) is 9.52. The summed E-state index contributed by atoms with van der Waals surface area (Å²) < 4.78 is 10.6. The first kappa shape index (κ1) is 21.3. The number of anilines is 2. The van der Waals surface area contributed by atoms with E-state index in [9.17, 15) is 9.59 Å². The first-order valence-corrected chi connectivity index (χ1v) is 9.52.